The number of amides is 1. The first kappa shape index (κ1) is 15.7. The highest BCUT2D eigenvalue weighted by Crippen LogP contribution is 2.23. The molecule has 5 nitrogen and oxygen atoms in total. The Kier molecular flexibility index (Phi) is 4.29. The highest BCUT2D eigenvalue weighted by molar-refractivity contribution is 6.03. The second-order valence-electron chi connectivity index (χ2n) is 5.23. The first-order valence-electron chi connectivity index (χ1n) is 7.32. The second-order valence-corrected chi connectivity index (χ2v) is 5.23. The van der Waals surface area contributed by atoms with E-state index in [0.717, 1.165) is 17.0 Å². The summed E-state index contributed by atoms with van der Waals surface area (Å²) in [7, 11) is 3.38. The van der Waals surface area contributed by atoms with E-state index in [0.29, 0.717) is 5.69 Å². The summed E-state index contributed by atoms with van der Waals surface area (Å²) in [6, 6.07) is 14.8. The number of carbonyl (C=O) groups is 1. The van der Waals surface area contributed by atoms with Crippen LogP contribution in [0.3, 0.4) is 0 Å². The number of benzene rings is 2. The van der Waals surface area contributed by atoms with Crippen molar-refractivity contribution in [3.05, 3.63) is 66.1 Å². The average Bonchev–Trinajstić information content (AvgIpc) is 2.99. The van der Waals surface area contributed by atoms with Gasteiger partial charge in [-0.3, -0.25) is 9.48 Å². The number of nitrogens with zero attached hydrogens (tertiary/aromatic N) is 2. The van der Waals surface area contributed by atoms with Gasteiger partial charge in [-0.1, -0.05) is 0 Å². The van der Waals surface area contributed by atoms with Gasteiger partial charge >= 0.3 is 0 Å². The van der Waals surface area contributed by atoms with Gasteiger partial charge in [0.1, 0.15) is 11.6 Å². The monoisotopic (exact) mass is 325 g/mol. The molecule has 122 valence electrons. The zero-order chi connectivity index (χ0) is 17.1. The second kappa shape index (κ2) is 6.54. The smallest absolute Gasteiger partial charge is 0.276 e. The fourth-order valence-electron chi connectivity index (χ4n) is 2.34. The van der Waals surface area contributed by atoms with Crippen LogP contribution in [0, 0.1) is 5.82 Å². The SMILES string of the molecule is COc1ccc(-c2cc(C(=O)Nc3ccc(F)cc3)nn2C)cc1. The predicted octanol–water partition coefficient (Wildman–Crippen LogP) is 3.49. The first-order valence-corrected chi connectivity index (χ1v) is 7.32. The van der Waals surface area contributed by atoms with E-state index in [1.165, 1.54) is 24.3 Å². The van der Waals surface area contributed by atoms with Crippen LogP contribution < -0.4 is 10.1 Å². The van der Waals surface area contributed by atoms with Crippen molar-refractivity contribution in [1.82, 2.24) is 9.78 Å². The number of rotatable bonds is 4. The Morgan fingerprint density at radius 3 is 2.42 bits per heavy atom. The number of aryl methyl sites for hydroxylation is 1. The quantitative estimate of drug-likeness (QED) is 0.799. The van der Waals surface area contributed by atoms with E-state index in [1.807, 2.05) is 24.3 Å². The molecule has 1 heterocycles. The predicted molar refractivity (Wildman–Crippen MR) is 89.5 cm³/mol. The van der Waals surface area contributed by atoms with Crippen LogP contribution in [-0.4, -0.2) is 22.8 Å². The van der Waals surface area contributed by atoms with Gasteiger partial charge in [0, 0.05) is 18.3 Å². The minimum absolute atomic E-state index is 0.285. The molecule has 2 aromatic carbocycles. The first-order chi connectivity index (χ1) is 11.6. The van der Waals surface area contributed by atoms with Gasteiger partial charge in [0.15, 0.2) is 5.69 Å². The molecule has 0 radical (unpaired) electrons. The molecule has 0 aliphatic rings. The Labute approximate surface area is 138 Å². The maximum atomic E-state index is 12.9. The van der Waals surface area contributed by atoms with Crippen molar-refractivity contribution < 1.29 is 13.9 Å². The summed E-state index contributed by atoms with van der Waals surface area (Å²) in [6.45, 7) is 0. The number of nitrogens with one attached hydrogen (secondary N) is 1. The van der Waals surface area contributed by atoms with Gasteiger partial charge in [-0.25, -0.2) is 4.39 Å². The van der Waals surface area contributed by atoms with Gasteiger partial charge in [0.05, 0.1) is 12.8 Å². The summed E-state index contributed by atoms with van der Waals surface area (Å²) in [5, 5.41) is 6.94. The van der Waals surface area contributed by atoms with Gasteiger partial charge < -0.3 is 10.1 Å². The van der Waals surface area contributed by atoms with E-state index in [1.54, 1.807) is 24.9 Å². The van der Waals surface area contributed by atoms with Crippen molar-refractivity contribution in [3.63, 3.8) is 0 Å². The molecule has 0 atom stereocenters. The third kappa shape index (κ3) is 3.27. The van der Waals surface area contributed by atoms with Crippen LogP contribution in [0.15, 0.2) is 54.6 Å². The molecule has 6 heteroatoms. The van der Waals surface area contributed by atoms with Crippen LogP contribution in [0.5, 0.6) is 5.75 Å². The molecule has 3 rings (SSSR count). The molecular weight excluding hydrogens is 309 g/mol. The van der Waals surface area contributed by atoms with Crippen molar-refractivity contribution in [2.45, 2.75) is 0 Å². The molecule has 0 fully saturated rings. The molecule has 0 aliphatic carbocycles. The van der Waals surface area contributed by atoms with E-state index in [-0.39, 0.29) is 17.4 Å². The molecule has 1 amide bonds. The molecular formula is C18H16FN3O2. The molecule has 3 aromatic rings. The normalized spacial score (nSPS) is 10.5. The van der Waals surface area contributed by atoms with Crippen molar-refractivity contribution in [2.24, 2.45) is 7.05 Å². The van der Waals surface area contributed by atoms with E-state index < -0.39 is 0 Å². The molecule has 0 spiro atoms. The molecule has 0 aliphatic heterocycles. The standard InChI is InChI=1S/C18H16FN3O2/c1-22-17(12-3-9-15(24-2)10-4-12)11-16(21-22)18(23)20-14-7-5-13(19)6-8-14/h3-11H,1-2H3,(H,20,23). The molecule has 0 bridgehead atoms. The van der Waals surface area contributed by atoms with E-state index in [9.17, 15) is 9.18 Å². The summed E-state index contributed by atoms with van der Waals surface area (Å²) < 4.78 is 19.7. The van der Waals surface area contributed by atoms with Gasteiger partial charge in [0.2, 0.25) is 0 Å². The lowest BCUT2D eigenvalue weighted by Gasteiger charge is -2.03. The summed E-state index contributed by atoms with van der Waals surface area (Å²) in [4.78, 5) is 12.3. The van der Waals surface area contributed by atoms with Gasteiger partial charge in [-0.05, 0) is 54.6 Å². The molecule has 24 heavy (non-hydrogen) atoms. The number of carbonyl (C=O) groups excluding carboxylic acids is 1. The third-order valence-corrected chi connectivity index (χ3v) is 3.60. The molecule has 0 unspecified atom stereocenters. The summed E-state index contributed by atoms with van der Waals surface area (Å²) in [5.74, 6) is 0.0554. The highest BCUT2D eigenvalue weighted by atomic mass is 19.1. The third-order valence-electron chi connectivity index (χ3n) is 3.60. The van der Waals surface area contributed by atoms with E-state index >= 15 is 0 Å². The van der Waals surface area contributed by atoms with Crippen LogP contribution in [0.1, 0.15) is 10.5 Å². The van der Waals surface area contributed by atoms with Crippen LogP contribution in [-0.2, 0) is 7.05 Å². The molecule has 1 aromatic heterocycles. The Hall–Kier alpha value is -3.15. The number of hydrogen-bond donors (Lipinski definition) is 1. The van der Waals surface area contributed by atoms with Crippen molar-refractivity contribution in [1.29, 1.82) is 0 Å². The minimum Gasteiger partial charge on any atom is -0.497 e. The fraction of sp³-hybridized carbons (Fsp3) is 0.111. The topological polar surface area (TPSA) is 56.1 Å². The largest absolute Gasteiger partial charge is 0.497 e. The van der Waals surface area contributed by atoms with Crippen molar-refractivity contribution in [3.8, 4) is 17.0 Å². The molecule has 0 saturated heterocycles. The Morgan fingerprint density at radius 1 is 1.12 bits per heavy atom. The summed E-state index contributed by atoms with van der Waals surface area (Å²) >= 11 is 0. The average molecular weight is 325 g/mol. The number of methoxy groups -OCH3 is 1. The molecule has 1 N–H and O–H groups in total. The van der Waals surface area contributed by atoms with Crippen molar-refractivity contribution in [2.75, 3.05) is 12.4 Å². The fourth-order valence-corrected chi connectivity index (χ4v) is 2.34. The Morgan fingerprint density at radius 2 is 1.79 bits per heavy atom. The van der Waals surface area contributed by atoms with Crippen molar-refractivity contribution >= 4 is 11.6 Å². The van der Waals surface area contributed by atoms with Gasteiger partial charge in [-0.2, -0.15) is 5.10 Å². The highest BCUT2D eigenvalue weighted by Gasteiger charge is 2.14. The lowest BCUT2D eigenvalue weighted by atomic mass is 10.1. The minimum atomic E-state index is -0.354. The lowest BCUT2D eigenvalue weighted by molar-refractivity contribution is 0.102. The number of ether oxygens (including phenoxy) is 1. The zero-order valence-corrected chi connectivity index (χ0v) is 13.3. The number of aromatic nitrogens is 2. The lowest BCUT2D eigenvalue weighted by Crippen LogP contribution is -2.12. The summed E-state index contributed by atoms with van der Waals surface area (Å²) in [5.41, 5.74) is 2.53. The van der Waals surface area contributed by atoms with Crippen LogP contribution in [0.25, 0.3) is 11.3 Å². The maximum absolute atomic E-state index is 12.9. The van der Waals surface area contributed by atoms with E-state index in [4.69, 9.17) is 4.74 Å². The van der Waals surface area contributed by atoms with Gasteiger partial charge in [-0.15, -0.1) is 0 Å². The van der Waals surface area contributed by atoms with Crippen LogP contribution >= 0.6 is 0 Å². The maximum Gasteiger partial charge on any atom is 0.276 e. The summed E-state index contributed by atoms with van der Waals surface area (Å²) in [6.07, 6.45) is 0. The van der Waals surface area contributed by atoms with Crippen LogP contribution in [0.4, 0.5) is 10.1 Å². The number of hydrogen-bond acceptors (Lipinski definition) is 3. The number of anilines is 1. The van der Waals surface area contributed by atoms with Crippen LogP contribution in [0.2, 0.25) is 0 Å². The molecule has 0 saturated carbocycles. The number of halogens is 1. The Balaban J connectivity index is 1.82. The van der Waals surface area contributed by atoms with E-state index in [2.05, 4.69) is 10.4 Å². The zero-order valence-electron chi connectivity index (χ0n) is 13.3. The van der Waals surface area contributed by atoms with Gasteiger partial charge in [0.25, 0.3) is 5.91 Å². The Bertz CT molecular complexity index is 855.